The summed E-state index contributed by atoms with van der Waals surface area (Å²) < 4.78 is 0. The maximum Gasteiger partial charge on any atom is 0.248 e. The normalized spacial score (nSPS) is 30.6. The van der Waals surface area contributed by atoms with Crippen LogP contribution in [0.15, 0.2) is 0 Å². The van der Waals surface area contributed by atoms with Crippen molar-refractivity contribution in [1.82, 2.24) is 15.8 Å². The molecular formula is C14H27N3O. The Labute approximate surface area is 110 Å². The first kappa shape index (κ1) is 13.8. The molecule has 1 aliphatic carbocycles. The van der Waals surface area contributed by atoms with Gasteiger partial charge < -0.3 is 5.32 Å². The average Bonchev–Trinajstić information content (AvgIpc) is 2.84. The molecule has 1 amide bonds. The largest absolute Gasteiger partial charge is 0.306 e. The number of carbonyl (C=O) groups is 1. The third kappa shape index (κ3) is 3.69. The molecule has 0 bridgehead atoms. The summed E-state index contributed by atoms with van der Waals surface area (Å²) in [7, 11) is 0. The van der Waals surface area contributed by atoms with E-state index in [0.29, 0.717) is 24.7 Å². The number of hydrazine groups is 1. The second-order valence-corrected chi connectivity index (χ2v) is 5.93. The van der Waals surface area contributed by atoms with Crippen LogP contribution in [-0.4, -0.2) is 35.6 Å². The quantitative estimate of drug-likeness (QED) is 0.803. The van der Waals surface area contributed by atoms with Crippen LogP contribution < -0.4 is 10.7 Å². The van der Waals surface area contributed by atoms with E-state index in [2.05, 4.69) is 29.6 Å². The fraction of sp³-hybridized carbons (Fsp3) is 0.929. The Hall–Kier alpha value is -0.610. The monoisotopic (exact) mass is 253 g/mol. The molecule has 2 fully saturated rings. The van der Waals surface area contributed by atoms with E-state index in [1.807, 2.05) is 0 Å². The van der Waals surface area contributed by atoms with Gasteiger partial charge in [0.1, 0.15) is 0 Å². The number of piperidine rings is 1. The molecule has 1 saturated heterocycles. The fourth-order valence-electron chi connectivity index (χ4n) is 3.19. The first-order chi connectivity index (χ1) is 8.66. The first-order valence-corrected chi connectivity index (χ1v) is 7.48. The second kappa shape index (κ2) is 6.53. The van der Waals surface area contributed by atoms with Crippen LogP contribution in [0.2, 0.25) is 0 Å². The van der Waals surface area contributed by atoms with Gasteiger partial charge in [-0.1, -0.05) is 19.3 Å². The molecule has 0 radical (unpaired) electrons. The van der Waals surface area contributed by atoms with Crippen molar-refractivity contribution in [2.45, 2.75) is 76.9 Å². The molecule has 2 aliphatic rings. The van der Waals surface area contributed by atoms with Gasteiger partial charge in [0.15, 0.2) is 0 Å². The molecular weight excluding hydrogens is 226 g/mol. The first-order valence-electron chi connectivity index (χ1n) is 7.48. The van der Waals surface area contributed by atoms with Crippen LogP contribution in [0.4, 0.5) is 0 Å². The van der Waals surface area contributed by atoms with Gasteiger partial charge in [-0.3, -0.25) is 10.2 Å². The van der Waals surface area contributed by atoms with E-state index in [4.69, 9.17) is 0 Å². The number of carbonyl (C=O) groups excluding carboxylic acids is 1. The Morgan fingerprint density at radius 2 is 1.67 bits per heavy atom. The van der Waals surface area contributed by atoms with Crippen molar-refractivity contribution in [2.24, 2.45) is 0 Å². The van der Waals surface area contributed by atoms with Crippen LogP contribution in [-0.2, 0) is 4.79 Å². The topological polar surface area (TPSA) is 44.4 Å². The highest BCUT2D eigenvalue weighted by atomic mass is 16.2. The predicted molar refractivity (Wildman–Crippen MR) is 73.0 cm³/mol. The summed E-state index contributed by atoms with van der Waals surface area (Å²) in [4.78, 5) is 11.9. The van der Waals surface area contributed by atoms with E-state index in [1.165, 1.54) is 44.9 Å². The van der Waals surface area contributed by atoms with Gasteiger partial charge in [-0.25, -0.2) is 5.01 Å². The van der Waals surface area contributed by atoms with E-state index >= 15 is 0 Å². The minimum atomic E-state index is 0.113. The minimum Gasteiger partial charge on any atom is -0.306 e. The van der Waals surface area contributed by atoms with E-state index in [1.54, 1.807) is 0 Å². The number of amides is 1. The van der Waals surface area contributed by atoms with E-state index < -0.39 is 0 Å². The summed E-state index contributed by atoms with van der Waals surface area (Å²) in [6.07, 6.45) is 8.70. The predicted octanol–water partition coefficient (Wildman–Crippen LogP) is 1.81. The fourth-order valence-corrected chi connectivity index (χ4v) is 3.19. The van der Waals surface area contributed by atoms with Crippen molar-refractivity contribution >= 4 is 5.91 Å². The molecule has 104 valence electrons. The highest BCUT2D eigenvalue weighted by molar-refractivity contribution is 5.77. The Balaban J connectivity index is 1.71. The number of rotatable bonds is 4. The Morgan fingerprint density at radius 3 is 2.28 bits per heavy atom. The standard InChI is InChI=1S/C14H27N3O/c1-11-6-5-7-12(2)17(11)16-14(18)10-15-13-8-3-4-9-13/h11-13,15H,3-10H2,1-2H3,(H,16,18). The van der Waals surface area contributed by atoms with Crippen molar-refractivity contribution in [3.05, 3.63) is 0 Å². The molecule has 2 atom stereocenters. The lowest BCUT2D eigenvalue weighted by molar-refractivity contribution is -0.128. The van der Waals surface area contributed by atoms with Gasteiger partial charge in [0.2, 0.25) is 5.91 Å². The highest BCUT2D eigenvalue weighted by Gasteiger charge is 2.26. The van der Waals surface area contributed by atoms with Crippen molar-refractivity contribution < 1.29 is 4.79 Å². The van der Waals surface area contributed by atoms with Crippen LogP contribution in [0, 0.1) is 0 Å². The van der Waals surface area contributed by atoms with Crippen molar-refractivity contribution in [3.63, 3.8) is 0 Å². The Morgan fingerprint density at radius 1 is 1.06 bits per heavy atom. The van der Waals surface area contributed by atoms with Crippen LogP contribution in [0.25, 0.3) is 0 Å². The molecule has 18 heavy (non-hydrogen) atoms. The van der Waals surface area contributed by atoms with E-state index in [-0.39, 0.29) is 5.91 Å². The lowest BCUT2D eigenvalue weighted by Crippen LogP contribution is -2.56. The summed E-state index contributed by atoms with van der Waals surface area (Å²) >= 11 is 0. The highest BCUT2D eigenvalue weighted by Crippen LogP contribution is 2.20. The maximum absolute atomic E-state index is 11.9. The summed E-state index contributed by atoms with van der Waals surface area (Å²) in [5.74, 6) is 0.113. The van der Waals surface area contributed by atoms with Gasteiger partial charge in [0.25, 0.3) is 0 Å². The van der Waals surface area contributed by atoms with Crippen molar-refractivity contribution in [3.8, 4) is 0 Å². The minimum absolute atomic E-state index is 0.113. The van der Waals surface area contributed by atoms with Gasteiger partial charge in [0, 0.05) is 18.1 Å². The van der Waals surface area contributed by atoms with Gasteiger partial charge in [-0.05, 0) is 39.5 Å². The summed E-state index contributed by atoms with van der Waals surface area (Å²) in [5, 5.41) is 5.50. The number of nitrogens with one attached hydrogen (secondary N) is 2. The molecule has 4 nitrogen and oxygen atoms in total. The van der Waals surface area contributed by atoms with Gasteiger partial charge in [-0.2, -0.15) is 0 Å². The van der Waals surface area contributed by atoms with Crippen LogP contribution in [0.1, 0.15) is 58.8 Å². The molecule has 2 unspecified atom stereocenters. The average molecular weight is 253 g/mol. The lowest BCUT2D eigenvalue weighted by atomic mass is 10.00. The van der Waals surface area contributed by atoms with E-state index in [0.717, 1.165) is 0 Å². The molecule has 0 aromatic heterocycles. The molecule has 0 aromatic rings. The molecule has 1 aliphatic heterocycles. The third-order valence-electron chi connectivity index (χ3n) is 4.35. The maximum atomic E-state index is 11.9. The van der Waals surface area contributed by atoms with Crippen LogP contribution in [0.5, 0.6) is 0 Å². The SMILES string of the molecule is CC1CCCC(C)N1NC(=O)CNC1CCCC1. The Bertz CT molecular complexity index is 266. The summed E-state index contributed by atoms with van der Waals surface area (Å²) in [6.45, 7) is 4.85. The molecule has 2 N–H and O–H groups in total. The Kier molecular flexibility index (Phi) is 5.01. The van der Waals surface area contributed by atoms with Crippen molar-refractivity contribution in [1.29, 1.82) is 0 Å². The smallest absolute Gasteiger partial charge is 0.248 e. The van der Waals surface area contributed by atoms with E-state index in [9.17, 15) is 4.79 Å². The molecule has 0 aromatic carbocycles. The van der Waals surface area contributed by atoms with Crippen molar-refractivity contribution in [2.75, 3.05) is 6.54 Å². The molecule has 1 saturated carbocycles. The second-order valence-electron chi connectivity index (χ2n) is 5.93. The molecule has 2 rings (SSSR count). The molecule has 0 spiro atoms. The number of nitrogens with zero attached hydrogens (tertiary/aromatic N) is 1. The van der Waals surface area contributed by atoms with Gasteiger partial charge in [-0.15, -0.1) is 0 Å². The zero-order valence-corrected chi connectivity index (χ0v) is 11.7. The van der Waals surface area contributed by atoms with Gasteiger partial charge >= 0.3 is 0 Å². The zero-order valence-electron chi connectivity index (χ0n) is 11.7. The van der Waals surface area contributed by atoms with Crippen LogP contribution in [0.3, 0.4) is 0 Å². The number of hydrogen-bond acceptors (Lipinski definition) is 3. The van der Waals surface area contributed by atoms with Gasteiger partial charge in [0.05, 0.1) is 6.54 Å². The summed E-state index contributed by atoms with van der Waals surface area (Å²) in [5.41, 5.74) is 3.07. The third-order valence-corrected chi connectivity index (χ3v) is 4.35. The van der Waals surface area contributed by atoms with Crippen LogP contribution >= 0.6 is 0 Å². The molecule has 1 heterocycles. The zero-order chi connectivity index (χ0) is 13.0. The number of hydrogen-bond donors (Lipinski definition) is 2. The molecule has 4 heteroatoms. The summed E-state index contributed by atoms with van der Waals surface area (Å²) in [6, 6.07) is 1.49. The lowest BCUT2D eigenvalue weighted by Gasteiger charge is -2.38.